The molecular weight excluding hydrogens is 174 g/mol. The highest BCUT2D eigenvalue weighted by molar-refractivity contribution is 5.73. The summed E-state index contributed by atoms with van der Waals surface area (Å²) in [5.41, 5.74) is 0.726. The van der Waals surface area contributed by atoms with E-state index >= 15 is 0 Å². The van der Waals surface area contributed by atoms with E-state index in [0.29, 0.717) is 16.9 Å². The van der Waals surface area contributed by atoms with Crippen molar-refractivity contribution in [3.05, 3.63) is 0 Å². The number of hydrogen-bond acceptors (Lipinski definition) is 1. The Bertz CT molecular complexity index is 271. The van der Waals surface area contributed by atoms with Gasteiger partial charge in [-0.2, -0.15) is 0 Å². The van der Waals surface area contributed by atoms with Gasteiger partial charge in [-0.15, -0.1) is 0 Å². The summed E-state index contributed by atoms with van der Waals surface area (Å²) in [5.74, 6) is 0.934. The van der Waals surface area contributed by atoms with Gasteiger partial charge in [-0.3, -0.25) is 4.79 Å². The Kier molecular flexibility index (Phi) is 1.96. The molecule has 2 nitrogen and oxygen atoms in total. The molecular formula is C12H21NO. The molecule has 0 aromatic rings. The van der Waals surface area contributed by atoms with Crippen LogP contribution in [0, 0.1) is 16.7 Å². The lowest BCUT2D eigenvalue weighted by atomic mass is 9.69. The third-order valence-corrected chi connectivity index (χ3v) is 5.17. The quantitative estimate of drug-likeness (QED) is 0.683. The molecule has 2 rings (SSSR count). The number of carbonyl (C=O) groups is 1. The number of hydrogen-bond donors (Lipinski definition) is 1. The van der Waals surface area contributed by atoms with Gasteiger partial charge in [0.15, 0.2) is 0 Å². The molecule has 3 unspecified atom stereocenters. The van der Waals surface area contributed by atoms with E-state index in [1.165, 1.54) is 19.3 Å². The van der Waals surface area contributed by atoms with Gasteiger partial charge >= 0.3 is 0 Å². The Morgan fingerprint density at radius 2 is 2.00 bits per heavy atom. The van der Waals surface area contributed by atoms with Gasteiger partial charge in [0, 0.05) is 13.0 Å². The molecule has 80 valence electrons. The van der Waals surface area contributed by atoms with Crippen molar-refractivity contribution >= 4 is 5.91 Å². The fourth-order valence-corrected chi connectivity index (χ4v) is 3.67. The lowest BCUT2D eigenvalue weighted by Gasteiger charge is -2.39. The number of fused-ring (bicyclic) bond motifs is 2. The fourth-order valence-electron chi connectivity index (χ4n) is 3.67. The molecule has 0 aromatic carbocycles. The largest absolute Gasteiger partial charge is 0.353 e. The molecule has 1 amide bonds. The van der Waals surface area contributed by atoms with Crippen molar-refractivity contribution in [3.63, 3.8) is 0 Å². The van der Waals surface area contributed by atoms with Crippen molar-refractivity contribution in [3.8, 4) is 0 Å². The van der Waals surface area contributed by atoms with Crippen LogP contribution in [0.5, 0.6) is 0 Å². The maximum Gasteiger partial charge on any atom is 0.217 e. The lowest BCUT2D eigenvalue weighted by Crippen LogP contribution is -2.46. The zero-order valence-corrected chi connectivity index (χ0v) is 9.68. The Hall–Kier alpha value is -0.530. The number of nitrogens with one attached hydrogen (secondary N) is 1. The monoisotopic (exact) mass is 195 g/mol. The van der Waals surface area contributed by atoms with Crippen molar-refractivity contribution < 1.29 is 4.79 Å². The molecule has 2 aliphatic rings. The van der Waals surface area contributed by atoms with Gasteiger partial charge in [0.1, 0.15) is 0 Å². The summed E-state index contributed by atoms with van der Waals surface area (Å²) >= 11 is 0. The van der Waals surface area contributed by atoms with Crippen LogP contribution in [0.2, 0.25) is 0 Å². The summed E-state index contributed by atoms with van der Waals surface area (Å²) in [6.45, 7) is 8.71. The summed E-state index contributed by atoms with van der Waals surface area (Å²) in [7, 11) is 0. The maximum atomic E-state index is 11.1. The van der Waals surface area contributed by atoms with Gasteiger partial charge in [-0.1, -0.05) is 20.8 Å². The molecule has 2 saturated carbocycles. The van der Waals surface area contributed by atoms with E-state index in [2.05, 4.69) is 26.1 Å². The molecule has 2 aliphatic carbocycles. The molecule has 2 heteroatoms. The third-order valence-electron chi connectivity index (χ3n) is 5.17. The van der Waals surface area contributed by atoms with Crippen LogP contribution in [0.3, 0.4) is 0 Å². The van der Waals surface area contributed by atoms with E-state index < -0.39 is 0 Å². The van der Waals surface area contributed by atoms with Crippen molar-refractivity contribution in [1.29, 1.82) is 0 Å². The first-order chi connectivity index (χ1) is 6.38. The van der Waals surface area contributed by atoms with Gasteiger partial charge < -0.3 is 5.32 Å². The summed E-state index contributed by atoms with van der Waals surface area (Å²) < 4.78 is 0. The van der Waals surface area contributed by atoms with E-state index in [1.807, 2.05) is 0 Å². The molecule has 0 heterocycles. The Balaban J connectivity index is 2.23. The molecule has 3 atom stereocenters. The first-order valence-corrected chi connectivity index (χ1v) is 5.65. The smallest absolute Gasteiger partial charge is 0.217 e. The summed E-state index contributed by atoms with van der Waals surface area (Å²) in [4.78, 5) is 11.1. The predicted molar refractivity (Wildman–Crippen MR) is 56.8 cm³/mol. The van der Waals surface area contributed by atoms with Crippen molar-refractivity contribution in [2.45, 2.75) is 53.0 Å². The molecule has 2 fully saturated rings. The molecule has 0 spiro atoms. The molecule has 0 radical (unpaired) electrons. The van der Waals surface area contributed by atoms with Gasteiger partial charge in [0.2, 0.25) is 5.91 Å². The zero-order chi connectivity index (χ0) is 10.6. The van der Waals surface area contributed by atoms with Crippen LogP contribution in [0.25, 0.3) is 0 Å². The molecule has 0 saturated heterocycles. The lowest BCUT2D eigenvalue weighted by molar-refractivity contribution is -0.120. The highest BCUT2D eigenvalue weighted by Gasteiger charge is 2.61. The number of amides is 1. The SMILES string of the molecule is CC(=O)NC1CC2CCC1(C)C2(C)C. The van der Waals surface area contributed by atoms with Crippen LogP contribution in [0.15, 0.2) is 0 Å². The molecule has 0 aromatic heterocycles. The van der Waals surface area contributed by atoms with E-state index in [4.69, 9.17) is 0 Å². The average Bonchev–Trinajstić information content (AvgIpc) is 2.35. The summed E-state index contributed by atoms with van der Waals surface area (Å²) in [6, 6.07) is 0.411. The number of carbonyl (C=O) groups excluding carboxylic acids is 1. The molecule has 0 aliphatic heterocycles. The van der Waals surface area contributed by atoms with Crippen molar-refractivity contribution in [1.82, 2.24) is 5.32 Å². The minimum absolute atomic E-state index is 0.125. The minimum atomic E-state index is 0.125. The van der Waals surface area contributed by atoms with Gasteiger partial charge in [0.05, 0.1) is 0 Å². The van der Waals surface area contributed by atoms with Gasteiger partial charge in [0.25, 0.3) is 0 Å². The molecule has 1 N–H and O–H groups in total. The van der Waals surface area contributed by atoms with Crippen molar-refractivity contribution in [2.75, 3.05) is 0 Å². The van der Waals surface area contributed by atoms with Crippen LogP contribution in [0.4, 0.5) is 0 Å². The highest BCUT2D eigenvalue weighted by Crippen LogP contribution is 2.65. The molecule has 2 bridgehead atoms. The summed E-state index contributed by atoms with van der Waals surface area (Å²) in [6.07, 6.45) is 3.80. The minimum Gasteiger partial charge on any atom is -0.353 e. The fraction of sp³-hybridized carbons (Fsp3) is 0.917. The maximum absolute atomic E-state index is 11.1. The molecule has 14 heavy (non-hydrogen) atoms. The number of rotatable bonds is 1. The second-order valence-electron chi connectivity index (χ2n) is 5.86. The van der Waals surface area contributed by atoms with E-state index in [0.717, 1.165) is 5.92 Å². The van der Waals surface area contributed by atoms with Crippen LogP contribution in [0.1, 0.15) is 47.0 Å². The normalized spacial score (nSPS) is 44.0. The summed E-state index contributed by atoms with van der Waals surface area (Å²) in [5, 5.41) is 3.13. The Morgan fingerprint density at radius 3 is 2.36 bits per heavy atom. The van der Waals surface area contributed by atoms with Crippen molar-refractivity contribution in [2.24, 2.45) is 16.7 Å². The third kappa shape index (κ3) is 1.06. The average molecular weight is 195 g/mol. The van der Waals surface area contributed by atoms with E-state index in [-0.39, 0.29) is 5.91 Å². The van der Waals surface area contributed by atoms with Gasteiger partial charge in [-0.05, 0) is 36.0 Å². The van der Waals surface area contributed by atoms with Crippen LogP contribution in [-0.2, 0) is 4.79 Å². The van der Waals surface area contributed by atoms with Crippen LogP contribution in [-0.4, -0.2) is 11.9 Å². The second kappa shape index (κ2) is 2.74. The predicted octanol–water partition coefficient (Wildman–Crippen LogP) is 2.34. The Labute approximate surface area is 86.5 Å². The van der Waals surface area contributed by atoms with E-state index in [1.54, 1.807) is 6.92 Å². The van der Waals surface area contributed by atoms with Gasteiger partial charge in [-0.25, -0.2) is 0 Å². The topological polar surface area (TPSA) is 29.1 Å². The first kappa shape index (κ1) is 10.0. The highest BCUT2D eigenvalue weighted by atomic mass is 16.1. The second-order valence-corrected chi connectivity index (χ2v) is 5.86. The Morgan fingerprint density at radius 1 is 1.36 bits per heavy atom. The van der Waals surface area contributed by atoms with Crippen LogP contribution < -0.4 is 5.32 Å². The standard InChI is InChI=1S/C12H21NO/c1-8(14)13-10-7-9-5-6-12(10,4)11(9,2)3/h9-10H,5-7H2,1-4H3,(H,13,14). The zero-order valence-electron chi connectivity index (χ0n) is 9.68. The van der Waals surface area contributed by atoms with E-state index in [9.17, 15) is 4.79 Å². The van der Waals surface area contributed by atoms with Crippen LogP contribution >= 0.6 is 0 Å². The first-order valence-electron chi connectivity index (χ1n) is 5.65.